The topological polar surface area (TPSA) is 75.4 Å². The second kappa shape index (κ2) is 7.77. The first kappa shape index (κ1) is 21.5. The molecule has 1 rings (SSSR count). The maximum absolute atomic E-state index is 11.7. The number of amides is 1. The Kier molecular flexibility index (Phi) is 6.68. The van der Waals surface area contributed by atoms with Crippen molar-refractivity contribution in [2.75, 3.05) is 0 Å². The van der Waals surface area contributed by atoms with Gasteiger partial charge in [0.2, 0.25) is 5.91 Å². The first-order valence-electron chi connectivity index (χ1n) is 9.21. The largest absolute Gasteiger partial charge is 0.508 e. The number of nitrogens with two attached hydrogens (primary N) is 1. The molecule has 0 spiro atoms. The number of carbonyl (C=O) groups excluding carboxylic acids is 1. The third-order valence-corrected chi connectivity index (χ3v) is 6.28. The minimum absolute atomic E-state index is 0.105. The van der Waals surface area contributed by atoms with Gasteiger partial charge in [-0.2, -0.15) is 0 Å². The zero-order valence-corrected chi connectivity index (χ0v) is 17.2. The lowest BCUT2D eigenvalue weighted by molar-refractivity contribution is -0.121. The summed E-state index contributed by atoms with van der Waals surface area (Å²) >= 11 is 0. The van der Waals surface area contributed by atoms with Crippen molar-refractivity contribution in [2.45, 2.75) is 79.1 Å². The molecule has 4 heteroatoms. The lowest BCUT2D eigenvalue weighted by Gasteiger charge is -2.36. The molecular weight excluding hydrogens is 312 g/mol. The number of nitrogens with one attached hydrogen (secondary N) is 1. The molecule has 0 aliphatic rings. The van der Waals surface area contributed by atoms with Gasteiger partial charge in [-0.1, -0.05) is 61.5 Å². The van der Waals surface area contributed by atoms with Gasteiger partial charge in [0.15, 0.2) is 0 Å². The van der Waals surface area contributed by atoms with Crippen LogP contribution in [0.2, 0.25) is 0 Å². The second-order valence-corrected chi connectivity index (χ2v) is 8.85. The highest BCUT2D eigenvalue weighted by Gasteiger charge is 2.32. The zero-order valence-electron chi connectivity index (χ0n) is 17.2. The van der Waals surface area contributed by atoms with Gasteiger partial charge in [-0.05, 0) is 46.3 Å². The maximum Gasteiger partial charge on any atom is 0.234 e. The van der Waals surface area contributed by atoms with Crippen molar-refractivity contribution >= 4 is 5.91 Å². The quantitative estimate of drug-likeness (QED) is 0.393. The molecule has 0 fully saturated rings. The maximum atomic E-state index is 11.7. The first-order valence-corrected chi connectivity index (χ1v) is 9.21. The van der Waals surface area contributed by atoms with Gasteiger partial charge < -0.3 is 5.11 Å². The van der Waals surface area contributed by atoms with Crippen LogP contribution in [0, 0.1) is 11.8 Å². The first-order chi connectivity index (χ1) is 11.4. The van der Waals surface area contributed by atoms with Gasteiger partial charge in [-0.25, -0.2) is 5.84 Å². The second-order valence-electron chi connectivity index (χ2n) is 8.85. The fraction of sp³-hybridized carbons (Fsp3) is 0.667. The Bertz CT molecular complexity index is 617. The number of rotatable bonds is 7. The standard InChI is InChI=1S/C21H36N2O2/c1-13(2)20(5,6)16-12-18(24)17(21(7,8)14(3)4)11-15(16)9-10-19(25)23-22/h11-14,24H,9-10,22H2,1-8H3,(H,23,25). The minimum atomic E-state index is -0.175. The van der Waals surface area contributed by atoms with Gasteiger partial charge in [0.05, 0.1) is 0 Å². The number of phenolic OH excluding ortho intramolecular Hbond substituents is 1. The van der Waals surface area contributed by atoms with Gasteiger partial charge in [-0.3, -0.25) is 10.2 Å². The lowest BCUT2D eigenvalue weighted by atomic mass is 9.69. The van der Waals surface area contributed by atoms with Crippen molar-refractivity contribution in [1.29, 1.82) is 0 Å². The van der Waals surface area contributed by atoms with E-state index >= 15 is 0 Å². The normalized spacial score (nSPS) is 12.8. The van der Waals surface area contributed by atoms with Crippen LogP contribution in [-0.2, 0) is 22.0 Å². The SMILES string of the molecule is CC(C)C(C)(C)c1cc(CCC(=O)NN)c(C(C)(C)C(C)C)cc1O. The molecule has 0 radical (unpaired) electrons. The highest BCUT2D eigenvalue weighted by molar-refractivity contribution is 5.75. The predicted molar refractivity (Wildman–Crippen MR) is 104 cm³/mol. The Labute approximate surface area is 153 Å². The van der Waals surface area contributed by atoms with Crippen LogP contribution >= 0.6 is 0 Å². The minimum Gasteiger partial charge on any atom is -0.508 e. The molecule has 0 aromatic heterocycles. The van der Waals surface area contributed by atoms with Crippen LogP contribution in [0.4, 0.5) is 0 Å². The Morgan fingerprint density at radius 2 is 1.52 bits per heavy atom. The average Bonchev–Trinajstić information content (AvgIpc) is 2.52. The molecule has 0 bridgehead atoms. The average molecular weight is 349 g/mol. The van der Waals surface area contributed by atoms with Crippen LogP contribution in [0.25, 0.3) is 0 Å². The van der Waals surface area contributed by atoms with Crippen LogP contribution < -0.4 is 11.3 Å². The Hall–Kier alpha value is -1.55. The smallest absolute Gasteiger partial charge is 0.234 e. The van der Waals surface area contributed by atoms with Crippen LogP contribution in [0.5, 0.6) is 5.75 Å². The van der Waals surface area contributed by atoms with Crippen molar-refractivity contribution in [3.05, 3.63) is 28.8 Å². The Morgan fingerprint density at radius 1 is 1.04 bits per heavy atom. The number of hydrazine groups is 1. The van der Waals surface area contributed by atoms with Gasteiger partial charge in [-0.15, -0.1) is 0 Å². The van der Waals surface area contributed by atoms with Gasteiger partial charge in [0.1, 0.15) is 5.75 Å². The van der Waals surface area contributed by atoms with Crippen molar-refractivity contribution in [3.8, 4) is 5.75 Å². The highest BCUT2D eigenvalue weighted by atomic mass is 16.3. The molecule has 4 N–H and O–H groups in total. The zero-order chi connectivity index (χ0) is 19.6. The molecule has 0 atom stereocenters. The molecule has 4 nitrogen and oxygen atoms in total. The van der Waals surface area contributed by atoms with Crippen LogP contribution in [-0.4, -0.2) is 11.0 Å². The molecule has 0 unspecified atom stereocenters. The van der Waals surface area contributed by atoms with E-state index in [4.69, 9.17) is 5.84 Å². The molecule has 1 aromatic carbocycles. The Balaban J connectivity index is 3.52. The summed E-state index contributed by atoms with van der Waals surface area (Å²) in [6.45, 7) is 17.4. The molecule has 0 aliphatic carbocycles. The third-order valence-electron chi connectivity index (χ3n) is 6.28. The van der Waals surface area contributed by atoms with Crippen LogP contribution in [0.3, 0.4) is 0 Å². The highest BCUT2D eigenvalue weighted by Crippen LogP contribution is 2.42. The molecule has 0 saturated carbocycles. The van der Waals surface area contributed by atoms with E-state index < -0.39 is 0 Å². The summed E-state index contributed by atoms with van der Waals surface area (Å²) in [7, 11) is 0. The van der Waals surface area contributed by atoms with Crippen LogP contribution in [0.1, 0.15) is 78.5 Å². The third kappa shape index (κ3) is 4.55. The van der Waals surface area contributed by atoms with E-state index in [0.717, 1.165) is 16.7 Å². The molecular formula is C21H36N2O2. The van der Waals surface area contributed by atoms with Gasteiger partial charge >= 0.3 is 0 Å². The van der Waals surface area contributed by atoms with Gasteiger partial charge in [0.25, 0.3) is 0 Å². The van der Waals surface area contributed by atoms with E-state index in [2.05, 4.69) is 66.9 Å². The van der Waals surface area contributed by atoms with Crippen molar-refractivity contribution in [1.82, 2.24) is 5.43 Å². The van der Waals surface area contributed by atoms with E-state index in [1.165, 1.54) is 0 Å². The molecule has 0 saturated heterocycles. The molecule has 0 aliphatic heterocycles. The summed E-state index contributed by atoms with van der Waals surface area (Å²) in [5.41, 5.74) is 5.10. The summed E-state index contributed by atoms with van der Waals surface area (Å²) in [6.07, 6.45) is 0.944. The summed E-state index contributed by atoms with van der Waals surface area (Å²) in [5, 5.41) is 10.8. The summed E-state index contributed by atoms with van der Waals surface area (Å²) in [4.78, 5) is 11.7. The van der Waals surface area contributed by atoms with E-state index in [-0.39, 0.29) is 16.7 Å². The molecule has 142 valence electrons. The van der Waals surface area contributed by atoms with Crippen molar-refractivity contribution in [3.63, 3.8) is 0 Å². The number of hydrogen-bond donors (Lipinski definition) is 3. The number of aryl methyl sites for hydroxylation is 1. The molecule has 0 heterocycles. The summed E-state index contributed by atoms with van der Waals surface area (Å²) in [5.74, 6) is 6.18. The molecule has 25 heavy (non-hydrogen) atoms. The van der Waals surface area contributed by atoms with E-state index in [1.54, 1.807) is 0 Å². The van der Waals surface area contributed by atoms with Crippen molar-refractivity contribution < 1.29 is 9.90 Å². The summed E-state index contributed by atoms with van der Waals surface area (Å²) < 4.78 is 0. The number of benzene rings is 1. The fourth-order valence-electron chi connectivity index (χ4n) is 2.90. The number of aromatic hydroxyl groups is 1. The fourth-order valence-corrected chi connectivity index (χ4v) is 2.90. The Morgan fingerprint density at radius 3 is 1.96 bits per heavy atom. The molecule has 1 amide bonds. The number of phenols is 1. The van der Waals surface area contributed by atoms with Crippen molar-refractivity contribution in [2.24, 2.45) is 17.7 Å². The predicted octanol–water partition coefficient (Wildman–Crippen LogP) is 4.18. The van der Waals surface area contributed by atoms with E-state index in [1.807, 2.05) is 6.07 Å². The lowest BCUT2D eigenvalue weighted by Crippen LogP contribution is -2.31. The van der Waals surface area contributed by atoms with E-state index in [0.29, 0.717) is 30.4 Å². The molecule has 1 aromatic rings. The van der Waals surface area contributed by atoms with E-state index in [9.17, 15) is 9.90 Å². The number of hydrogen-bond acceptors (Lipinski definition) is 3. The summed E-state index contributed by atoms with van der Waals surface area (Å²) in [6, 6.07) is 4.01. The van der Waals surface area contributed by atoms with Crippen LogP contribution in [0.15, 0.2) is 12.1 Å². The monoisotopic (exact) mass is 348 g/mol. The number of carbonyl (C=O) groups is 1. The van der Waals surface area contributed by atoms with Gasteiger partial charge in [0, 0.05) is 12.0 Å².